The van der Waals surface area contributed by atoms with Crippen LogP contribution in [-0.2, 0) is 11.3 Å². The maximum absolute atomic E-state index is 11.7. The second-order valence-corrected chi connectivity index (χ2v) is 7.88. The van der Waals surface area contributed by atoms with Gasteiger partial charge in [-0.25, -0.2) is 4.98 Å². The van der Waals surface area contributed by atoms with Gasteiger partial charge in [-0.2, -0.15) is 0 Å². The van der Waals surface area contributed by atoms with Crippen molar-refractivity contribution >= 4 is 27.5 Å². The fourth-order valence-electron chi connectivity index (χ4n) is 2.27. The first-order valence-electron chi connectivity index (χ1n) is 7.28. The normalized spacial score (nSPS) is 18.4. The molecule has 20 heavy (non-hydrogen) atoms. The molecule has 1 fully saturated rings. The molecule has 112 valence electrons. The summed E-state index contributed by atoms with van der Waals surface area (Å²) < 4.78 is 2.05. The second kappa shape index (κ2) is 8.62. The minimum atomic E-state index is 0.177. The zero-order valence-corrected chi connectivity index (χ0v) is 13.6. The zero-order valence-electron chi connectivity index (χ0n) is 12.0. The molecule has 6 heteroatoms. The molecular weight excluding hydrogens is 290 g/mol. The van der Waals surface area contributed by atoms with E-state index in [0.29, 0.717) is 13.0 Å². The standard InChI is InChI=1S/C14H23N3OS2/c1-12-15-7-9-17(12)10-8-16-14(18)5-3-2-4-13-6-11-19-20-13/h7,9,13H,2-6,8,10-11H2,1H3,(H,16,18)/t13-/m1/s1. The Balaban J connectivity index is 1.49. The van der Waals surface area contributed by atoms with E-state index in [4.69, 9.17) is 0 Å². The van der Waals surface area contributed by atoms with E-state index in [9.17, 15) is 4.79 Å². The molecular formula is C14H23N3OS2. The third-order valence-corrected chi connectivity index (χ3v) is 6.51. The van der Waals surface area contributed by atoms with E-state index >= 15 is 0 Å². The molecule has 1 N–H and O–H groups in total. The number of nitrogens with one attached hydrogen (secondary N) is 1. The van der Waals surface area contributed by atoms with Gasteiger partial charge >= 0.3 is 0 Å². The number of amides is 1. The first-order chi connectivity index (χ1) is 9.75. The van der Waals surface area contributed by atoms with Gasteiger partial charge in [-0.15, -0.1) is 0 Å². The Hall–Kier alpha value is -0.620. The number of carbonyl (C=O) groups excluding carboxylic acids is 1. The molecule has 1 atom stereocenters. The Kier molecular flexibility index (Phi) is 6.79. The van der Waals surface area contributed by atoms with E-state index in [0.717, 1.165) is 24.0 Å². The van der Waals surface area contributed by atoms with Gasteiger partial charge < -0.3 is 9.88 Å². The highest BCUT2D eigenvalue weighted by Crippen LogP contribution is 2.39. The molecule has 1 aromatic heterocycles. The average molecular weight is 313 g/mol. The molecule has 0 spiro atoms. The lowest BCUT2D eigenvalue weighted by atomic mass is 10.1. The van der Waals surface area contributed by atoms with Crippen LogP contribution >= 0.6 is 21.6 Å². The third-order valence-electron chi connectivity index (χ3n) is 3.51. The smallest absolute Gasteiger partial charge is 0.220 e. The summed E-state index contributed by atoms with van der Waals surface area (Å²) in [6.07, 6.45) is 9.18. The fourth-order valence-corrected chi connectivity index (χ4v) is 5.29. The first-order valence-corrected chi connectivity index (χ1v) is 9.66. The van der Waals surface area contributed by atoms with Crippen LogP contribution in [0.15, 0.2) is 12.4 Å². The van der Waals surface area contributed by atoms with Gasteiger partial charge in [0.2, 0.25) is 5.91 Å². The maximum Gasteiger partial charge on any atom is 0.220 e. The molecule has 0 bridgehead atoms. The molecule has 1 aliphatic heterocycles. The Bertz CT molecular complexity index is 416. The Morgan fingerprint density at radius 2 is 2.45 bits per heavy atom. The minimum absolute atomic E-state index is 0.177. The summed E-state index contributed by atoms with van der Waals surface area (Å²) >= 11 is 0. The van der Waals surface area contributed by atoms with Crippen LogP contribution < -0.4 is 5.32 Å². The molecule has 1 aromatic rings. The summed E-state index contributed by atoms with van der Waals surface area (Å²) in [6, 6.07) is 0. The highest BCUT2D eigenvalue weighted by molar-refractivity contribution is 8.77. The summed E-state index contributed by atoms with van der Waals surface area (Å²) in [5, 5.41) is 3.81. The first kappa shape index (κ1) is 15.8. The van der Waals surface area contributed by atoms with Crippen molar-refractivity contribution in [2.24, 2.45) is 0 Å². The quantitative estimate of drug-likeness (QED) is 0.592. The molecule has 4 nitrogen and oxygen atoms in total. The molecule has 2 rings (SSSR count). The predicted octanol–water partition coefficient (Wildman–Crippen LogP) is 3.02. The highest BCUT2D eigenvalue weighted by Gasteiger charge is 2.15. The average Bonchev–Trinajstić information content (AvgIpc) is 3.07. The molecule has 1 amide bonds. The lowest BCUT2D eigenvalue weighted by Gasteiger charge is -2.08. The maximum atomic E-state index is 11.7. The molecule has 0 radical (unpaired) electrons. The summed E-state index contributed by atoms with van der Waals surface area (Å²) in [7, 11) is 4.01. The molecule has 0 unspecified atom stereocenters. The third kappa shape index (κ3) is 5.40. The van der Waals surface area contributed by atoms with Gasteiger partial charge in [-0.1, -0.05) is 28.0 Å². The molecule has 1 saturated heterocycles. The lowest BCUT2D eigenvalue weighted by molar-refractivity contribution is -0.121. The van der Waals surface area contributed by atoms with Gasteiger partial charge in [0.25, 0.3) is 0 Å². The number of rotatable bonds is 8. The number of imidazole rings is 1. The lowest BCUT2D eigenvalue weighted by Crippen LogP contribution is -2.27. The summed E-state index contributed by atoms with van der Waals surface area (Å²) in [6.45, 7) is 3.46. The van der Waals surface area contributed by atoms with Crippen molar-refractivity contribution in [2.75, 3.05) is 12.3 Å². The van der Waals surface area contributed by atoms with Gasteiger partial charge in [0, 0.05) is 42.9 Å². The number of hydrogen-bond acceptors (Lipinski definition) is 4. The van der Waals surface area contributed by atoms with Crippen LogP contribution in [0.25, 0.3) is 0 Å². The van der Waals surface area contributed by atoms with Crippen LogP contribution in [0.2, 0.25) is 0 Å². The number of unbranched alkanes of at least 4 members (excludes halogenated alkanes) is 1. The molecule has 0 aliphatic carbocycles. The number of hydrogen-bond donors (Lipinski definition) is 1. The second-order valence-electron chi connectivity index (χ2n) is 5.09. The van der Waals surface area contributed by atoms with Crippen LogP contribution in [0.1, 0.15) is 37.9 Å². The molecule has 0 aromatic carbocycles. The van der Waals surface area contributed by atoms with Crippen LogP contribution in [0, 0.1) is 6.92 Å². The van der Waals surface area contributed by atoms with Crippen molar-refractivity contribution in [3.63, 3.8) is 0 Å². The van der Waals surface area contributed by atoms with Crippen LogP contribution in [-0.4, -0.2) is 33.0 Å². The van der Waals surface area contributed by atoms with Crippen molar-refractivity contribution < 1.29 is 4.79 Å². The van der Waals surface area contributed by atoms with Crippen LogP contribution in [0.5, 0.6) is 0 Å². The van der Waals surface area contributed by atoms with E-state index in [1.165, 1.54) is 25.0 Å². The minimum Gasteiger partial charge on any atom is -0.354 e. The van der Waals surface area contributed by atoms with Gasteiger partial charge in [0.15, 0.2) is 0 Å². The molecule has 2 heterocycles. The van der Waals surface area contributed by atoms with Gasteiger partial charge in [0.1, 0.15) is 5.82 Å². The van der Waals surface area contributed by atoms with Gasteiger partial charge in [-0.05, 0) is 26.2 Å². The van der Waals surface area contributed by atoms with Gasteiger partial charge in [0.05, 0.1) is 0 Å². The van der Waals surface area contributed by atoms with E-state index in [-0.39, 0.29) is 5.91 Å². The monoisotopic (exact) mass is 313 g/mol. The van der Waals surface area contributed by atoms with E-state index in [2.05, 4.69) is 14.9 Å². The van der Waals surface area contributed by atoms with Crippen LogP contribution in [0.4, 0.5) is 0 Å². The SMILES string of the molecule is Cc1nccn1CCNC(=O)CCCC[C@@H]1CCSS1. The van der Waals surface area contributed by atoms with E-state index in [1.807, 2.05) is 34.7 Å². The van der Waals surface area contributed by atoms with Gasteiger partial charge in [-0.3, -0.25) is 4.79 Å². The number of carbonyl (C=O) groups is 1. The van der Waals surface area contributed by atoms with Crippen molar-refractivity contribution in [1.29, 1.82) is 0 Å². The van der Waals surface area contributed by atoms with Crippen LogP contribution in [0.3, 0.4) is 0 Å². The molecule has 1 aliphatic rings. The number of aromatic nitrogens is 2. The Morgan fingerprint density at radius 3 is 3.15 bits per heavy atom. The van der Waals surface area contributed by atoms with E-state index in [1.54, 1.807) is 6.20 Å². The fraction of sp³-hybridized carbons (Fsp3) is 0.714. The largest absolute Gasteiger partial charge is 0.354 e. The highest BCUT2D eigenvalue weighted by atomic mass is 33.1. The molecule has 0 saturated carbocycles. The number of aryl methyl sites for hydroxylation is 1. The van der Waals surface area contributed by atoms with E-state index < -0.39 is 0 Å². The van der Waals surface area contributed by atoms with Crippen molar-refractivity contribution in [3.05, 3.63) is 18.2 Å². The van der Waals surface area contributed by atoms with Crippen molar-refractivity contribution in [1.82, 2.24) is 14.9 Å². The summed E-state index contributed by atoms with van der Waals surface area (Å²) in [4.78, 5) is 15.9. The summed E-state index contributed by atoms with van der Waals surface area (Å²) in [5.74, 6) is 2.46. The zero-order chi connectivity index (χ0) is 14.2. The summed E-state index contributed by atoms with van der Waals surface area (Å²) in [5.41, 5.74) is 0. The van der Waals surface area contributed by atoms with Crippen molar-refractivity contribution in [2.45, 2.75) is 50.8 Å². The van der Waals surface area contributed by atoms with Crippen molar-refractivity contribution in [3.8, 4) is 0 Å². The Labute approximate surface area is 128 Å². The number of nitrogens with zero attached hydrogens (tertiary/aromatic N) is 2. The Morgan fingerprint density at radius 1 is 1.55 bits per heavy atom. The predicted molar refractivity (Wildman–Crippen MR) is 86.9 cm³/mol. The topological polar surface area (TPSA) is 46.9 Å².